The number of hydrogen-bond acceptors (Lipinski definition) is 1. The van der Waals surface area contributed by atoms with Gasteiger partial charge in [-0.3, -0.25) is 4.99 Å². The average molecular weight is 306 g/mol. The van der Waals surface area contributed by atoms with Gasteiger partial charge in [0.05, 0.1) is 0 Å². The largest absolute Gasteiger partial charge is 0.355 e. The first kappa shape index (κ1) is 15.2. The molecule has 23 heavy (non-hydrogen) atoms. The van der Waals surface area contributed by atoms with Crippen molar-refractivity contribution in [2.75, 3.05) is 13.6 Å². The molecule has 0 atom stereocenters. The molecule has 0 spiro atoms. The van der Waals surface area contributed by atoms with Crippen molar-refractivity contribution in [2.45, 2.75) is 13.1 Å². The highest BCUT2D eigenvalue weighted by molar-refractivity contribution is 5.83. The minimum atomic E-state index is 0.758. The zero-order valence-corrected chi connectivity index (χ0v) is 13.4. The quantitative estimate of drug-likeness (QED) is 0.562. The first-order valence-corrected chi connectivity index (χ1v) is 7.88. The maximum atomic E-state index is 4.27. The zero-order chi connectivity index (χ0) is 15.9. The molecule has 2 aromatic carbocycles. The molecule has 0 radical (unpaired) electrons. The third-order valence-electron chi connectivity index (χ3n) is 3.83. The zero-order valence-electron chi connectivity index (χ0n) is 13.4. The van der Waals surface area contributed by atoms with Gasteiger partial charge in [0.1, 0.15) is 0 Å². The molecule has 118 valence electrons. The van der Waals surface area contributed by atoms with Crippen molar-refractivity contribution in [1.29, 1.82) is 0 Å². The van der Waals surface area contributed by atoms with Crippen LogP contribution < -0.4 is 10.6 Å². The van der Waals surface area contributed by atoms with E-state index in [-0.39, 0.29) is 0 Å². The van der Waals surface area contributed by atoms with Crippen LogP contribution in [0.1, 0.15) is 5.56 Å². The summed E-state index contributed by atoms with van der Waals surface area (Å²) in [5.41, 5.74) is 1.25. The highest BCUT2D eigenvalue weighted by Gasteiger charge is 2.00. The van der Waals surface area contributed by atoms with Crippen LogP contribution in [0.3, 0.4) is 0 Å². The Balaban J connectivity index is 1.52. The fourth-order valence-electron chi connectivity index (χ4n) is 2.58. The number of hydrogen-bond donors (Lipinski definition) is 2. The average Bonchev–Trinajstić information content (AvgIpc) is 3.11. The van der Waals surface area contributed by atoms with E-state index >= 15 is 0 Å². The summed E-state index contributed by atoms with van der Waals surface area (Å²) in [5, 5.41) is 9.23. The molecule has 3 aromatic rings. The minimum Gasteiger partial charge on any atom is -0.355 e. The van der Waals surface area contributed by atoms with Gasteiger partial charge in [0, 0.05) is 39.1 Å². The summed E-state index contributed by atoms with van der Waals surface area (Å²) >= 11 is 0. The van der Waals surface area contributed by atoms with Gasteiger partial charge in [0.25, 0.3) is 0 Å². The second-order valence-electron chi connectivity index (χ2n) is 5.45. The lowest BCUT2D eigenvalue weighted by atomic mass is 10.1. The number of fused-ring (bicyclic) bond motifs is 1. The lowest BCUT2D eigenvalue weighted by molar-refractivity contribution is 0.665. The standard InChI is InChI=1S/C19H22N4/c1-20-19(21-10-13-23-11-4-5-12-23)22-15-16-8-9-17-6-2-3-7-18(17)14-16/h2-9,11-12,14H,10,13,15H2,1H3,(H2,20,21,22). The van der Waals surface area contributed by atoms with Gasteiger partial charge in [-0.1, -0.05) is 36.4 Å². The van der Waals surface area contributed by atoms with Crippen molar-refractivity contribution in [2.24, 2.45) is 4.99 Å². The second-order valence-corrected chi connectivity index (χ2v) is 5.45. The lowest BCUT2D eigenvalue weighted by Gasteiger charge is -2.12. The van der Waals surface area contributed by atoms with Crippen LogP contribution in [0.15, 0.2) is 72.0 Å². The van der Waals surface area contributed by atoms with Crippen LogP contribution in [0, 0.1) is 0 Å². The molecular weight excluding hydrogens is 284 g/mol. The molecule has 0 aliphatic carbocycles. The molecule has 1 aromatic heterocycles. The summed E-state index contributed by atoms with van der Waals surface area (Å²) in [4.78, 5) is 4.27. The highest BCUT2D eigenvalue weighted by Crippen LogP contribution is 2.15. The number of benzene rings is 2. The number of nitrogens with one attached hydrogen (secondary N) is 2. The van der Waals surface area contributed by atoms with Gasteiger partial charge in [-0.25, -0.2) is 0 Å². The van der Waals surface area contributed by atoms with E-state index in [0.717, 1.165) is 25.6 Å². The molecule has 0 fully saturated rings. The Labute approximate surface area is 136 Å². The molecule has 0 aliphatic heterocycles. The Bertz CT molecular complexity index is 775. The molecule has 4 nitrogen and oxygen atoms in total. The second kappa shape index (κ2) is 7.49. The molecule has 0 saturated carbocycles. The van der Waals surface area contributed by atoms with Gasteiger partial charge >= 0.3 is 0 Å². The summed E-state index contributed by atoms with van der Waals surface area (Å²) in [6, 6.07) is 19.0. The van der Waals surface area contributed by atoms with E-state index in [9.17, 15) is 0 Å². The molecule has 0 saturated heterocycles. The van der Waals surface area contributed by atoms with Crippen LogP contribution in [0.4, 0.5) is 0 Å². The SMILES string of the molecule is CN=C(NCCn1cccc1)NCc1ccc2ccccc2c1. The Morgan fingerprint density at radius 3 is 2.52 bits per heavy atom. The van der Waals surface area contributed by atoms with Gasteiger partial charge in [0.2, 0.25) is 0 Å². The normalized spacial score (nSPS) is 11.6. The molecule has 0 bridgehead atoms. The Hall–Kier alpha value is -2.75. The van der Waals surface area contributed by atoms with Crippen LogP contribution >= 0.6 is 0 Å². The predicted octanol–water partition coefficient (Wildman–Crippen LogP) is 3.01. The Morgan fingerprint density at radius 1 is 0.957 bits per heavy atom. The molecule has 0 unspecified atom stereocenters. The molecule has 4 heteroatoms. The maximum absolute atomic E-state index is 4.27. The number of guanidine groups is 1. The van der Waals surface area contributed by atoms with E-state index in [0.29, 0.717) is 0 Å². The van der Waals surface area contributed by atoms with Crippen LogP contribution in [0.5, 0.6) is 0 Å². The number of aliphatic imine (C=N–C) groups is 1. The van der Waals surface area contributed by atoms with Gasteiger partial charge in [0.15, 0.2) is 5.96 Å². The Kier molecular flexibility index (Phi) is 4.94. The molecule has 0 amide bonds. The number of rotatable bonds is 5. The van der Waals surface area contributed by atoms with Crippen LogP contribution in [0.2, 0.25) is 0 Å². The van der Waals surface area contributed by atoms with Crippen LogP contribution in [-0.4, -0.2) is 24.1 Å². The summed E-state index contributed by atoms with van der Waals surface area (Å²) in [7, 11) is 1.80. The third kappa shape index (κ3) is 4.13. The van der Waals surface area contributed by atoms with Crippen LogP contribution in [-0.2, 0) is 13.1 Å². The minimum absolute atomic E-state index is 0.758. The molecule has 3 rings (SSSR count). The molecule has 0 aliphatic rings. The van der Waals surface area contributed by atoms with Crippen molar-refractivity contribution in [3.8, 4) is 0 Å². The van der Waals surface area contributed by atoms with Gasteiger partial charge in [-0.2, -0.15) is 0 Å². The van der Waals surface area contributed by atoms with Crippen molar-refractivity contribution in [3.63, 3.8) is 0 Å². The summed E-state index contributed by atoms with van der Waals surface area (Å²) in [5.74, 6) is 0.824. The number of aromatic nitrogens is 1. The van der Waals surface area contributed by atoms with Crippen LogP contribution in [0.25, 0.3) is 10.8 Å². The van der Waals surface area contributed by atoms with E-state index in [2.05, 4.69) is 75.1 Å². The smallest absolute Gasteiger partial charge is 0.191 e. The predicted molar refractivity (Wildman–Crippen MR) is 96.6 cm³/mol. The van der Waals surface area contributed by atoms with E-state index in [1.807, 2.05) is 12.1 Å². The third-order valence-corrected chi connectivity index (χ3v) is 3.83. The van der Waals surface area contributed by atoms with Gasteiger partial charge < -0.3 is 15.2 Å². The van der Waals surface area contributed by atoms with E-state index in [4.69, 9.17) is 0 Å². The maximum Gasteiger partial charge on any atom is 0.191 e. The van der Waals surface area contributed by atoms with Crippen molar-refractivity contribution < 1.29 is 0 Å². The first-order chi connectivity index (χ1) is 11.3. The fourth-order valence-corrected chi connectivity index (χ4v) is 2.58. The lowest BCUT2D eigenvalue weighted by Crippen LogP contribution is -2.38. The van der Waals surface area contributed by atoms with Crippen molar-refractivity contribution in [3.05, 3.63) is 72.6 Å². The molecular formula is C19H22N4. The van der Waals surface area contributed by atoms with E-state index in [1.54, 1.807) is 7.05 Å². The van der Waals surface area contributed by atoms with Crippen molar-refractivity contribution >= 4 is 16.7 Å². The molecule has 1 heterocycles. The monoisotopic (exact) mass is 306 g/mol. The van der Waals surface area contributed by atoms with Crippen molar-refractivity contribution in [1.82, 2.24) is 15.2 Å². The van der Waals surface area contributed by atoms with E-state index in [1.165, 1.54) is 16.3 Å². The summed E-state index contributed by atoms with van der Waals surface area (Å²) in [6.45, 7) is 2.52. The van der Waals surface area contributed by atoms with Gasteiger partial charge in [-0.05, 0) is 34.5 Å². The highest BCUT2D eigenvalue weighted by atomic mass is 15.2. The van der Waals surface area contributed by atoms with E-state index < -0.39 is 0 Å². The molecule has 2 N–H and O–H groups in total. The van der Waals surface area contributed by atoms with Gasteiger partial charge in [-0.15, -0.1) is 0 Å². The fraction of sp³-hybridized carbons (Fsp3) is 0.211. The topological polar surface area (TPSA) is 41.4 Å². The summed E-state index contributed by atoms with van der Waals surface area (Å²) < 4.78 is 2.14. The Morgan fingerprint density at radius 2 is 1.74 bits per heavy atom. The first-order valence-electron chi connectivity index (χ1n) is 7.88. The number of nitrogens with zero attached hydrogens (tertiary/aromatic N) is 2. The summed E-state index contributed by atoms with van der Waals surface area (Å²) in [6.07, 6.45) is 4.12.